The van der Waals surface area contributed by atoms with Crippen molar-refractivity contribution in [3.05, 3.63) is 64.9 Å². The molecule has 2 amide bonds. The highest BCUT2D eigenvalue weighted by atomic mass is 16.5. The first-order chi connectivity index (χ1) is 18.7. The van der Waals surface area contributed by atoms with Crippen molar-refractivity contribution in [3.63, 3.8) is 0 Å². The third kappa shape index (κ3) is 8.10. The van der Waals surface area contributed by atoms with Gasteiger partial charge in [-0.05, 0) is 61.4 Å². The van der Waals surface area contributed by atoms with Gasteiger partial charge in [-0.2, -0.15) is 5.10 Å². The molecule has 1 aliphatic heterocycles. The van der Waals surface area contributed by atoms with E-state index in [4.69, 9.17) is 24.1 Å². The number of allylic oxidation sites excluding steroid dienone is 1. The van der Waals surface area contributed by atoms with Crippen molar-refractivity contribution >= 4 is 24.2 Å². The lowest BCUT2D eigenvalue weighted by molar-refractivity contribution is -0.139. The maximum absolute atomic E-state index is 12.4. The number of methoxy groups -OCH3 is 1. The minimum absolute atomic E-state index is 0.171. The van der Waals surface area contributed by atoms with E-state index in [1.807, 2.05) is 0 Å². The van der Waals surface area contributed by atoms with E-state index in [0.29, 0.717) is 40.7 Å². The number of hydrogen-bond acceptors (Lipinski definition) is 10. The Morgan fingerprint density at radius 1 is 1.13 bits per heavy atom. The monoisotopic (exact) mass is 542 g/mol. The average Bonchev–Trinajstić information content (AvgIpc) is 2.91. The van der Waals surface area contributed by atoms with Gasteiger partial charge in [0.05, 0.1) is 31.5 Å². The predicted octanol–water partition coefficient (Wildman–Crippen LogP) is 1.67. The van der Waals surface area contributed by atoms with Gasteiger partial charge in [-0.1, -0.05) is 6.07 Å². The molecule has 2 aromatic rings. The molecule has 0 saturated carbocycles. The lowest BCUT2D eigenvalue weighted by Crippen LogP contribution is -2.45. The van der Waals surface area contributed by atoms with Gasteiger partial charge in [-0.15, -0.1) is 0 Å². The van der Waals surface area contributed by atoms with Crippen molar-refractivity contribution in [2.75, 3.05) is 26.9 Å². The summed E-state index contributed by atoms with van der Waals surface area (Å²) in [6.07, 6.45) is 0.306. The summed E-state index contributed by atoms with van der Waals surface area (Å²) >= 11 is 0. The van der Waals surface area contributed by atoms with Gasteiger partial charge in [0.2, 0.25) is 0 Å². The number of nitrogens with zero attached hydrogens (tertiary/aromatic N) is 1. The van der Waals surface area contributed by atoms with Gasteiger partial charge in [0, 0.05) is 5.70 Å². The summed E-state index contributed by atoms with van der Waals surface area (Å²) in [6, 6.07) is 10.3. The van der Waals surface area contributed by atoms with E-state index >= 15 is 0 Å². The number of aliphatic hydroxyl groups excluding tert-OH is 1. The molecule has 13 heteroatoms. The Bertz CT molecular complexity index is 1240. The number of rotatable bonds is 13. The van der Waals surface area contributed by atoms with Crippen LogP contribution in [0.15, 0.2) is 58.8 Å². The highest BCUT2D eigenvalue weighted by Crippen LogP contribution is 2.34. The number of nitrogens with one attached hydrogen (secondary N) is 3. The molecular weight excluding hydrogens is 512 g/mol. The number of benzene rings is 2. The van der Waals surface area contributed by atoms with Gasteiger partial charge in [0.15, 0.2) is 24.3 Å². The fourth-order valence-corrected chi connectivity index (χ4v) is 3.62. The minimum Gasteiger partial charge on any atom is -0.490 e. The molecule has 2 atom stereocenters. The van der Waals surface area contributed by atoms with E-state index < -0.39 is 36.8 Å². The molecule has 0 spiro atoms. The summed E-state index contributed by atoms with van der Waals surface area (Å²) < 4.78 is 21.4. The third-order valence-corrected chi connectivity index (χ3v) is 5.35. The molecule has 0 fully saturated rings. The van der Waals surface area contributed by atoms with Crippen LogP contribution in [-0.2, 0) is 14.3 Å². The molecule has 0 radical (unpaired) electrons. The van der Waals surface area contributed by atoms with Crippen LogP contribution in [0.1, 0.15) is 31.0 Å². The van der Waals surface area contributed by atoms with Gasteiger partial charge >= 0.3 is 18.0 Å². The number of carboxylic acid groups (broad SMARTS) is 1. The number of amides is 2. The quantitative estimate of drug-likeness (QED) is 0.108. The standard InChI is InChI=1S/C26H30N4O9/c1-4-37-20-11-17(24-23(25(34)36-3)15(2)28-26(35)29-24)7-10-19(20)39-13-21(31)30-27-12-16-5-8-18(9-6-16)38-14-22(32)33/h5-12,21,24,30-31H,4,13-14H2,1-3H3,(H,32,33)(H2,28,29,35)/b27-12-/t21-,24+/m1/s1. The number of carbonyl (C=O) groups excluding carboxylic acids is 2. The van der Waals surface area contributed by atoms with Crippen LogP contribution in [0.25, 0.3) is 0 Å². The van der Waals surface area contributed by atoms with Crippen LogP contribution in [0, 0.1) is 0 Å². The first kappa shape index (κ1) is 28.8. The molecule has 1 heterocycles. The summed E-state index contributed by atoms with van der Waals surface area (Å²) in [5.74, 6) is -0.558. The lowest BCUT2D eigenvalue weighted by Gasteiger charge is -2.28. The number of carbonyl (C=O) groups is 3. The summed E-state index contributed by atoms with van der Waals surface area (Å²) in [5, 5.41) is 28.1. The van der Waals surface area contributed by atoms with E-state index in [1.165, 1.54) is 13.3 Å². The summed E-state index contributed by atoms with van der Waals surface area (Å²) in [4.78, 5) is 35.0. The Morgan fingerprint density at radius 3 is 2.54 bits per heavy atom. The molecule has 5 N–H and O–H groups in total. The second-order valence-electron chi connectivity index (χ2n) is 8.17. The van der Waals surface area contributed by atoms with Gasteiger partial charge in [-0.25, -0.2) is 14.4 Å². The van der Waals surface area contributed by atoms with Crippen LogP contribution in [0.5, 0.6) is 17.2 Å². The van der Waals surface area contributed by atoms with Crippen LogP contribution >= 0.6 is 0 Å². The highest BCUT2D eigenvalue weighted by Gasteiger charge is 2.32. The molecule has 2 aromatic carbocycles. The fraction of sp³-hybridized carbons (Fsp3) is 0.308. The molecule has 0 aliphatic carbocycles. The largest absolute Gasteiger partial charge is 0.490 e. The number of carboxylic acids is 1. The minimum atomic E-state index is -1.16. The maximum atomic E-state index is 12.4. The first-order valence-electron chi connectivity index (χ1n) is 11.9. The molecule has 0 bridgehead atoms. The van der Waals surface area contributed by atoms with Crippen molar-refractivity contribution in [1.29, 1.82) is 0 Å². The molecule has 3 rings (SSSR count). The number of ether oxygens (including phenoxy) is 4. The molecular formula is C26H30N4O9. The van der Waals surface area contributed by atoms with Gasteiger partial charge in [-0.3, -0.25) is 5.43 Å². The maximum Gasteiger partial charge on any atom is 0.341 e. The zero-order chi connectivity index (χ0) is 28.4. The predicted molar refractivity (Wildman–Crippen MR) is 139 cm³/mol. The number of aliphatic carboxylic acids is 1. The Kier molecular flexibility index (Phi) is 10.1. The highest BCUT2D eigenvalue weighted by molar-refractivity contribution is 5.95. The average molecular weight is 543 g/mol. The second-order valence-corrected chi connectivity index (χ2v) is 8.17. The molecule has 13 nitrogen and oxygen atoms in total. The Balaban J connectivity index is 1.63. The van der Waals surface area contributed by atoms with Crippen molar-refractivity contribution in [1.82, 2.24) is 16.1 Å². The van der Waals surface area contributed by atoms with Crippen LogP contribution in [0.2, 0.25) is 0 Å². The number of aliphatic hydroxyl groups is 1. The van der Waals surface area contributed by atoms with Crippen LogP contribution in [-0.4, -0.2) is 67.6 Å². The number of hydrazone groups is 1. The molecule has 208 valence electrons. The van der Waals surface area contributed by atoms with Crippen molar-refractivity contribution < 1.29 is 43.5 Å². The Morgan fingerprint density at radius 2 is 1.87 bits per heavy atom. The zero-order valence-electron chi connectivity index (χ0n) is 21.6. The van der Waals surface area contributed by atoms with E-state index in [-0.39, 0.29) is 12.2 Å². The first-order valence-corrected chi connectivity index (χ1v) is 11.9. The van der Waals surface area contributed by atoms with Crippen molar-refractivity contribution in [2.45, 2.75) is 26.1 Å². The van der Waals surface area contributed by atoms with Crippen LogP contribution in [0.4, 0.5) is 4.79 Å². The number of hydrogen-bond donors (Lipinski definition) is 5. The van der Waals surface area contributed by atoms with Crippen LogP contribution < -0.4 is 30.3 Å². The van der Waals surface area contributed by atoms with Gasteiger partial charge in [0.1, 0.15) is 12.4 Å². The molecule has 0 saturated heterocycles. The molecule has 39 heavy (non-hydrogen) atoms. The summed E-state index contributed by atoms with van der Waals surface area (Å²) in [7, 11) is 1.26. The third-order valence-electron chi connectivity index (χ3n) is 5.35. The van der Waals surface area contributed by atoms with Crippen molar-refractivity contribution in [2.24, 2.45) is 5.10 Å². The van der Waals surface area contributed by atoms with E-state index in [0.717, 1.165) is 0 Å². The van der Waals surface area contributed by atoms with Crippen molar-refractivity contribution in [3.8, 4) is 17.2 Å². The Hall–Kier alpha value is -4.78. The van der Waals surface area contributed by atoms with E-state index in [1.54, 1.807) is 56.3 Å². The lowest BCUT2D eigenvalue weighted by atomic mass is 9.95. The van der Waals surface area contributed by atoms with E-state index in [9.17, 15) is 19.5 Å². The molecule has 0 unspecified atom stereocenters. The van der Waals surface area contributed by atoms with E-state index in [2.05, 4.69) is 21.2 Å². The fourth-order valence-electron chi connectivity index (χ4n) is 3.62. The van der Waals surface area contributed by atoms with Crippen LogP contribution in [0.3, 0.4) is 0 Å². The topological polar surface area (TPSA) is 177 Å². The smallest absolute Gasteiger partial charge is 0.341 e. The van der Waals surface area contributed by atoms with Gasteiger partial charge < -0.3 is 39.8 Å². The Labute approximate surface area is 224 Å². The zero-order valence-corrected chi connectivity index (χ0v) is 21.6. The normalized spacial score (nSPS) is 15.7. The SMILES string of the molecule is CCOc1cc([C@@H]2NC(=O)NC(C)=C2C(=O)OC)ccc1OC[C@@H](O)N/N=C\c1ccc(OCC(=O)O)cc1. The number of esters is 1. The molecule has 0 aromatic heterocycles. The summed E-state index contributed by atoms with van der Waals surface area (Å²) in [6.45, 7) is 3.12. The second kappa shape index (κ2) is 13.7. The van der Waals surface area contributed by atoms with Gasteiger partial charge in [0.25, 0.3) is 0 Å². The molecule has 1 aliphatic rings. The number of urea groups is 1. The summed E-state index contributed by atoms with van der Waals surface area (Å²) in [5.41, 5.74) is 4.44.